The van der Waals surface area contributed by atoms with Crippen LogP contribution < -0.4 is 10.2 Å². The Balaban J connectivity index is 1.59. The van der Waals surface area contributed by atoms with Crippen molar-refractivity contribution in [2.45, 2.75) is 25.8 Å². The van der Waals surface area contributed by atoms with Crippen LogP contribution in [0.1, 0.15) is 18.5 Å². The molecular formula is C14H18N6. The smallest absolute Gasteiger partial charge is 0.150 e. The normalized spacial score (nSPS) is 16.1. The summed E-state index contributed by atoms with van der Waals surface area (Å²) in [7, 11) is 0. The highest BCUT2D eigenvalue weighted by Gasteiger charge is 2.21. The highest BCUT2D eigenvalue weighted by molar-refractivity contribution is 5.43. The van der Waals surface area contributed by atoms with Crippen LogP contribution in [0, 0.1) is 6.92 Å². The van der Waals surface area contributed by atoms with Crippen LogP contribution in [0.3, 0.4) is 0 Å². The van der Waals surface area contributed by atoms with Crippen LogP contribution in [0.2, 0.25) is 0 Å². The van der Waals surface area contributed by atoms with Gasteiger partial charge in [0.1, 0.15) is 18.0 Å². The Bertz CT molecular complexity index is 551. The summed E-state index contributed by atoms with van der Waals surface area (Å²) in [5.74, 6) is 1.90. The van der Waals surface area contributed by atoms with Crippen molar-refractivity contribution in [1.29, 1.82) is 0 Å². The van der Waals surface area contributed by atoms with Crippen molar-refractivity contribution in [2.24, 2.45) is 0 Å². The molecule has 0 aliphatic carbocycles. The van der Waals surface area contributed by atoms with Gasteiger partial charge in [0.25, 0.3) is 0 Å². The van der Waals surface area contributed by atoms with E-state index in [4.69, 9.17) is 0 Å². The van der Waals surface area contributed by atoms with Gasteiger partial charge in [-0.2, -0.15) is 0 Å². The minimum atomic E-state index is 0.457. The summed E-state index contributed by atoms with van der Waals surface area (Å²) in [5, 5.41) is 3.45. The van der Waals surface area contributed by atoms with Gasteiger partial charge in [-0.15, -0.1) is 0 Å². The monoisotopic (exact) mass is 270 g/mol. The highest BCUT2D eigenvalue weighted by atomic mass is 15.2. The lowest BCUT2D eigenvalue weighted by Gasteiger charge is -2.33. The quantitative estimate of drug-likeness (QED) is 0.915. The van der Waals surface area contributed by atoms with Crippen molar-refractivity contribution in [1.82, 2.24) is 19.9 Å². The summed E-state index contributed by atoms with van der Waals surface area (Å²) >= 11 is 0. The van der Waals surface area contributed by atoms with Crippen LogP contribution in [0.15, 0.2) is 31.0 Å². The van der Waals surface area contributed by atoms with Gasteiger partial charge in [0.05, 0.1) is 5.69 Å². The third-order valence-electron chi connectivity index (χ3n) is 3.58. The van der Waals surface area contributed by atoms with Gasteiger partial charge >= 0.3 is 0 Å². The summed E-state index contributed by atoms with van der Waals surface area (Å²) in [6, 6.07) is 2.36. The zero-order valence-electron chi connectivity index (χ0n) is 11.5. The van der Waals surface area contributed by atoms with E-state index in [-0.39, 0.29) is 0 Å². The van der Waals surface area contributed by atoms with E-state index in [1.807, 2.05) is 13.0 Å². The fourth-order valence-corrected chi connectivity index (χ4v) is 2.53. The van der Waals surface area contributed by atoms with Crippen LogP contribution in [0.5, 0.6) is 0 Å². The Labute approximate surface area is 118 Å². The third-order valence-corrected chi connectivity index (χ3v) is 3.58. The molecule has 20 heavy (non-hydrogen) atoms. The van der Waals surface area contributed by atoms with Gasteiger partial charge in [0.2, 0.25) is 0 Å². The minimum Gasteiger partial charge on any atom is -0.367 e. The number of anilines is 2. The SMILES string of the molecule is Cc1nccnc1N1CCC(Nc2ccncn2)CC1. The Morgan fingerprint density at radius 1 is 1.10 bits per heavy atom. The van der Waals surface area contributed by atoms with E-state index in [0.717, 1.165) is 43.3 Å². The van der Waals surface area contributed by atoms with Crippen LogP contribution in [0.4, 0.5) is 11.6 Å². The maximum Gasteiger partial charge on any atom is 0.150 e. The molecule has 0 atom stereocenters. The maximum absolute atomic E-state index is 4.43. The lowest BCUT2D eigenvalue weighted by Crippen LogP contribution is -2.40. The van der Waals surface area contributed by atoms with Gasteiger partial charge in [-0.1, -0.05) is 0 Å². The zero-order valence-corrected chi connectivity index (χ0v) is 11.5. The van der Waals surface area contributed by atoms with Crippen LogP contribution in [0.25, 0.3) is 0 Å². The van der Waals surface area contributed by atoms with Gasteiger partial charge in [0.15, 0.2) is 0 Å². The average molecular weight is 270 g/mol. The standard InChI is InChI=1S/C14H18N6/c1-11-14(17-7-6-16-11)20-8-3-12(4-9-20)19-13-2-5-15-10-18-13/h2,5-7,10,12H,3-4,8-9H2,1H3,(H,15,18,19). The van der Waals surface area contributed by atoms with Gasteiger partial charge < -0.3 is 10.2 Å². The Morgan fingerprint density at radius 2 is 1.90 bits per heavy atom. The molecule has 1 saturated heterocycles. The molecule has 0 bridgehead atoms. The van der Waals surface area contributed by atoms with Crippen molar-refractivity contribution in [3.05, 3.63) is 36.7 Å². The third kappa shape index (κ3) is 2.84. The Kier molecular flexibility index (Phi) is 3.71. The first kappa shape index (κ1) is 12.8. The molecule has 1 N–H and O–H groups in total. The molecule has 0 amide bonds. The van der Waals surface area contributed by atoms with E-state index in [2.05, 4.69) is 30.2 Å². The molecule has 0 radical (unpaired) electrons. The number of nitrogens with one attached hydrogen (secondary N) is 1. The van der Waals surface area contributed by atoms with Crippen molar-refractivity contribution in [2.75, 3.05) is 23.3 Å². The fraction of sp³-hybridized carbons (Fsp3) is 0.429. The number of hydrogen-bond donors (Lipinski definition) is 1. The summed E-state index contributed by atoms with van der Waals surface area (Å²) in [6.45, 7) is 3.98. The van der Waals surface area contributed by atoms with E-state index in [1.165, 1.54) is 0 Å². The predicted octanol–water partition coefficient (Wildman–Crippen LogP) is 1.66. The molecule has 0 spiro atoms. The lowest BCUT2D eigenvalue weighted by atomic mass is 10.0. The van der Waals surface area contributed by atoms with E-state index in [0.29, 0.717) is 6.04 Å². The molecule has 2 aromatic rings. The number of nitrogens with zero attached hydrogens (tertiary/aromatic N) is 5. The molecule has 6 heteroatoms. The molecule has 6 nitrogen and oxygen atoms in total. The molecule has 1 aliphatic heterocycles. The van der Waals surface area contributed by atoms with E-state index >= 15 is 0 Å². The summed E-state index contributed by atoms with van der Waals surface area (Å²) < 4.78 is 0. The van der Waals surface area contributed by atoms with Crippen LogP contribution >= 0.6 is 0 Å². The minimum absolute atomic E-state index is 0.457. The Hall–Kier alpha value is -2.24. The second-order valence-corrected chi connectivity index (χ2v) is 4.97. The van der Waals surface area contributed by atoms with Crippen molar-refractivity contribution >= 4 is 11.6 Å². The second-order valence-electron chi connectivity index (χ2n) is 4.97. The molecular weight excluding hydrogens is 252 g/mol. The maximum atomic E-state index is 4.43. The first-order chi connectivity index (χ1) is 9.83. The average Bonchev–Trinajstić information content (AvgIpc) is 2.50. The summed E-state index contributed by atoms with van der Waals surface area (Å²) in [4.78, 5) is 19.2. The van der Waals surface area contributed by atoms with Gasteiger partial charge in [0, 0.05) is 37.7 Å². The van der Waals surface area contributed by atoms with Crippen LogP contribution in [-0.2, 0) is 0 Å². The number of aromatic nitrogens is 4. The van der Waals surface area contributed by atoms with Crippen molar-refractivity contribution < 1.29 is 0 Å². The highest BCUT2D eigenvalue weighted by Crippen LogP contribution is 2.21. The van der Waals surface area contributed by atoms with Crippen molar-refractivity contribution in [3.8, 4) is 0 Å². The summed E-state index contributed by atoms with van der Waals surface area (Å²) in [5.41, 5.74) is 0.995. The van der Waals surface area contributed by atoms with Gasteiger partial charge in [-0.05, 0) is 25.8 Å². The summed E-state index contributed by atoms with van der Waals surface area (Å²) in [6.07, 6.45) is 8.96. The first-order valence-corrected chi connectivity index (χ1v) is 6.88. The molecule has 0 saturated carbocycles. The van der Waals surface area contributed by atoms with E-state index < -0.39 is 0 Å². The van der Waals surface area contributed by atoms with Gasteiger partial charge in [-0.25, -0.2) is 15.0 Å². The fourth-order valence-electron chi connectivity index (χ4n) is 2.53. The largest absolute Gasteiger partial charge is 0.367 e. The van der Waals surface area contributed by atoms with E-state index in [9.17, 15) is 0 Å². The molecule has 1 fully saturated rings. The first-order valence-electron chi connectivity index (χ1n) is 6.88. The topological polar surface area (TPSA) is 66.8 Å². The molecule has 2 aromatic heterocycles. The molecule has 0 aromatic carbocycles. The molecule has 3 heterocycles. The zero-order chi connectivity index (χ0) is 13.8. The van der Waals surface area contributed by atoms with Crippen LogP contribution in [-0.4, -0.2) is 39.1 Å². The molecule has 0 unspecified atom stereocenters. The van der Waals surface area contributed by atoms with E-state index in [1.54, 1.807) is 24.9 Å². The number of rotatable bonds is 3. The number of hydrogen-bond acceptors (Lipinski definition) is 6. The lowest BCUT2D eigenvalue weighted by molar-refractivity contribution is 0.521. The Morgan fingerprint density at radius 3 is 2.60 bits per heavy atom. The number of piperidine rings is 1. The predicted molar refractivity (Wildman–Crippen MR) is 77.7 cm³/mol. The molecule has 1 aliphatic rings. The van der Waals surface area contributed by atoms with Gasteiger partial charge in [-0.3, -0.25) is 4.98 Å². The van der Waals surface area contributed by atoms with Crippen molar-refractivity contribution in [3.63, 3.8) is 0 Å². The molecule has 104 valence electrons. The second kappa shape index (κ2) is 5.81. The number of aryl methyl sites for hydroxylation is 1. The molecule has 3 rings (SSSR count).